The Kier molecular flexibility index (Phi) is 5.05. The molecule has 19 heavy (non-hydrogen) atoms. The number of carbonyl (C=O) groups is 1. The van der Waals surface area contributed by atoms with Crippen LogP contribution in [0.2, 0.25) is 5.02 Å². The first-order chi connectivity index (χ1) is 9.22. The van der Waals surface area contributed by atoms with E-state index in [1.165, 1.54) is 6.42 Å². The van der Waals surface area contributed by atoms with Gasteiger partial charge in [0.15, 0.2) is 6.61 Å². The summed E-state index contributed by atoms with van der Waals surface area (Å²) < 4.78 is 5.57. The zero-order valence-electron chi connectivity index (χ0n) is 10.9. The van der Waals surface area contributed by atoms with E-state index in [4.69, 9.17) is 22.1 Å². The van der Waals surface area contributed by atoms with Gasteiger partial charge in [0.2, 0.25) is 0 Å². The maximum Gasteiger partial charge on any atom is 0.260 e. The van der Waals surface area contributed by atoms with Gasteiger partial charge in [-0.2, -0.15) is 0 Å². The Morgan fingerprint density at radius 3 is 2.74 bits per heavy atom. The summed E-state index contributed by atoms with van der Waals surface area (Å²) in [6.45, 7) is 2.02. The first-order valence-corrected chi connectivity index (χ1v) is 6.98. The van der Waals surface area contributed by atoms with Gasteiger partial charge in [-0.3, -0.25) is 4.79 Å². The lowest BCUT2D eigenvalue weighted by Gasteiger charge is -2.26. The lowest BCUT2D eigenvalue weighted by molar-refractivity contribution is -0.134. The highest BCUT2D eigenvalue weighted by Crippen LogP contribution is 2.25. The monoisotopic (exact) mass is 282 g/mol. The molecule has 104 valence electrons. The van der Waals surface area contributed by atoms with Crippen molar-refractivity contribution in [3.8, 4) is 5.75 Å². The maximum atomic E-state index is 12.0. The number of nitrogens with two attached hydrogens (primary N) is 1. The fourth-order valence-corrected chi connectivity index (χ4v) is 2.49. The molecule has 0 saturated carbocycles. The van der Waals surface area contributed by atoms with E-state index in [9.17, 15) is 4.79 Å². The molecule has 4 nitrogen and oxygen atoms in total. The zero-order valence-corrected chi connectivity index (χ0v) is 11.7. The molecule has 1 saturated heterocycles. The normalized spacial score (nSPS) is 15.4. The van der Waals surface area contributed by atoms with E-state index in [0.29, 0.717) is 17.3 Å². The predicted molar refractivity (Wildman–Crippen MR) is 75.3 cm³/mol. The number of amides is 1. The molecule has 0 aromatic heterocycles. The van der Waals surface area contributed by atoms with E-state index in [1.807, 2.05) is 4.90 Å². The van der Waals surface area contributed by atoms with Gasteiger partial charge in [-0.1, -0.05) is 17.7 Å². The van der Waals surface area contributed by atoms with Crippen molar-refractivity contribution in [2.24, 2.45) is 5.73 Å². The molecular formula is C14H19ClN2O2. The highest BCUT2D eigenvalue weighted by atomic mass is 35.5. The Hall–Kier alpha value is -1.26. The van der Waals surface area contributed by atoms with Gasteiger partial charge in [0.1, 0.15) is 5.75 Å². The minimum Gasteiger partial charge on any atom is -0.483 e. The summed E-state index contributed by atoms with van der Waals surface area (Å²) in [4.78, 5) is 13.8. The molecule has 1 fully saturated rings. The second-order valence-corrected chi connectivity index (χ2v) is 5.06. The first-order valence-electron chi connectivity index (χ1n) is 6.60. The molecule has 1 aliphatic heterocycles. The number of hydrogen-bond donors (Lipinski definition) is 1. The summed E-state index contributed by atoms with van der Waals surface area (Å²) in [5, 5.41) is 0.574. The van der Waals surface area contributed by atoms with Crippen molar-refractivity contribution in [1.82, 2.24) is 4.90 Å². The van der Waals surface area contributed by atoms with Crippen molar-refractivity contribution < 1.29 is 9.53 Å². The van der Waals surface area contributed by atoms with Crippen LogP contribution in [-0.2, 0) is 11.3 Å². The molecule has 0 atom stereocenters. The molecule has 2 rings (SSSR count). The van der Waals surface area contributed by atoms with Crippen LogP contribution in [0.4, 0.5) is 0 Å². The Balaban J connectivity index is 1.94. The molecule has 1 aromatic carbocycles. The fourth-order valence-electron chi connectivity index (χ4n) is 2.25. The summed E-state index contributed by atoms with van der Waals surface area (Å²) >= 11 is 6.04. The smallest absolute Gasteiger partial charge is 0.260 e. The number of ether oxygens (including phenoxy) is 1. The van der Waals surface area contributed by atoms with E-state index in [2.05, 4.69) is 0 Å². The molecule has 1 aliphatic rings. The summed E-state index contributed by atoms with van der Waals surface area (Å²) in [6, 6.07) is 5.35. The van der Waals surface area contributed by atoms with Gasteiger partial charge in [0.25, 0.3) is 5.91 Å². The van der Waals surface area contributed by atoms with Gasteiger partial charge in [-0.25, -0.2) is 0 Å². The van der Waals surface area contributed by atoms with E-state index < -0.39 is 0 Å². The van der Waals surface area contributed by atoms with Crippen molar-refractivity contribution in [2.75, 3.05) is 19.7 Å². The molecule has 5 heteroatoms. The molecule has 0 aliphatic carbocycles. The molecule has 0 spiro atoms. The minimum absolute atomic E-state index is 0.0302. The van der Waals surface area contributed by atoms with Crippen molar-refractivity contribution in [3.63, 3.8) is 0 Å². The van der Waals surface area contributed by atoms with Crippen LogP contribution in [0.15, 0.2) is 18.2 Å². The van der Waals surface area contributed by atoms with Crippen LogP contribution in [0, 0.1) is 0 Å². The van der Waals surface area contributed by atoms with Crippen molar-refractivity contribution in [3.05, 3.63) is 28.8 Å². The number of rotatable bonds is 4. The number of halogens is 1. The summed E-state index contributed by atoms with van der Waals surface area (Å²) in [5.41, 5.74) is 6.39. The van der Waals surface area contributed by atoms with Crippen molar-refractivity contribution in [1.29, 1.82) is 0 Å². The predicted octanol–water partition coefficient (Wildman–Crippen LogP) is 2.19. The summed E-state index contributed by atoms with van der Waals surface area (Å²) in [5.74, 6) is 0.628. The van der Waals surface area contributed by atoms with E-state index in [0.717, 1.165) is 31.5 Å². The van der Waals surface area contributed by atoms with Gasteiger partial charge in [-0.15, -0.1) is 0 Å². The third kappa shape index (κ3) is 3.61. The highest BCUT2D eigenvalue weighted by Gasteiger charge is 2.17. The Labute approximate surface area is 118 Å². The van der Waals surface area contributed by atoms with Gasteiger partial charge in [-0.05, 0) is 31.4 Å². The molecule has 0 radical (unpaired) electrons. The highest BCUT2D eigenvalue weighted by molar-refractivity contribution is 6.31. The van der Waals surface area contributed by atoms with E-state index >= 15 is 0 Å². The van der Waals surface area contributed by atoms with Crippen LogP contribution < -0.4 is 10.5 Å². The maximum absolute atomic E-state index is 12.0. The third-order valence-electron chi connectivity index (χ3n) is 3.34. The number of benzene rings is 1. The Morgan fingerprint density at radius 2 is 2.05 bits per heavy atom. The van der Waals surface area contributed by atoms with Gasteiger partial charge in [0, 0.05) is 30.2 Å². The summed E-state index contributed by atoms with van der Waals surface area (Å²) in [6.07, 6.45) is 3.37. The number of nitrogens with zero attached hydrogens (tertiary/aromatic N) is 1. The quantitative estimate of drug-likeness (QED) is 0.921. The molecule has 1 aromatic rings. The fraction of sp³-hybridized carbons (Fsp3) is 0.500. The van der Waals surface area contributed by atoms with Crippen LogP contribution in [0.1, 0.15) is 24.8 Å². The minimum atomic E-state index is 0.0302. The van der Waals surface area contributed by atoms with E-state index in [1.54, 1.807) is 18.2 Å². The van der Waals surface area contributed by atoms with Crippen LogP contribution in [0.5, 0.6) is 5.75 Å². The Bertz CT molecular complexity index is 445. The number of piperidine rings is 1. The van der Waals surface area contributed by atoms with Gasteiger partial charge >= 0.3 is 0 Å². The number of carbonyl (C=O) groups excluding carboxylic acids is 1. The van der Waals surface area contributed by atoms with Crippen LogP contribution in [0.25, 0.3) is 0 Å². The zero-order chi connectivity index (χ0) is 13.7. The lowest BCUT2D eigenvalue weighted by Crippen LogP contribution is -2.38. The van der Waals surface area contributed by atoms with Gasteiger partial charge < -0.3 is 15.4 Å². The van der Waals surface area contributed by atoms with Crippen LogP contribution in [0.3, 0.4) is 0 Å². The Morgan fingerprint density at radius 1 is 1.32 bits per heavy atom. The molecule has 0 unspecified atom stereocenters. The molecular weight excluding hydrogens is 264 g/mol. The van der Waals surface area contributed by atoms with Crippen molar-refractivity contribution >= 4 is 17.5 Å². The van der Waals surface area contributed by atoms with Crippen LogP contribution in [-0.4, -0.2) is 30.5 Å². The standard InChI is InChI=1S/C14H19ClN2O2/c15-12-5-4-6-13(11(12)9-16)19-10-14(18)17-7-2-1-3-8-17/h4-6H,1-3,7-10,16H2. The average Bonchev–Trinajstić information content (AvgIpc) is 2.45. The number of likely N-dealkylation sites (tertiary alicyclic amines) is 1. The largest absolute Gasteiger partial charge is 0.483 e. The lowest BCUT2D eigenvalue weighted by atomic mass is 10.1. The van der Waals surface area contributed by atoms with Crippen LogP contribution >= 0.6 is 11.6 Å². The average molecular weight is 283 g/mol. The van der Waals surface area contributed by atoms with Crippen molar-refractivity contribution in [2.45, 2.75) is 25.8 Å². The van der Waals surface area contributed by atoms with E-state index in [-0.39, 0.29) is 12.5 Å². The molecule has 0 bridgehead atoms. The van der Waals surface area contributed by atoms with Gasteiger partial charge in [0.05, 0.1) is 0 Å². The second-order valence-electron chi connectivity index (χ2n) is 4.65. The molecule has 1 heterocycles. The SMILES string of the molecule is NCc1c(Cl)cccc1OCC(=O)N1CCCCC1. The molecule has 2 N–H and O–H groups in total. The summed E-state index contributed by atoms with van der Waals surface area (Å²) in [7, 11) is 0. The first kappa shape index (κ1) is 14.2. The second kappa shape index (κ2) is 6.78. The third-order valence-corrected chi connectivity index (χ3v) is 3.69. The number of hydrogen-bond acceptors (Lipinski definition) is 3. The topological polar surface area (TPSA) is 55.6 Å². The molecule has 1 amide bonds.